The first-order chi connectivity index (χ1) is 13.0. The lowest BCUT2D eigenvalue weighted by atomic mass is 9.99. The SMILES string of the molecule is CCCCCCCOCCOCC(=O)Nc1cccc(C(C)=O)c1C(C)=O. The summed E-state index contributed by atoms with van der Waals surface area (Å²) in [5.41, 5.74) is 0.852. The van der Waals surface area contributed by atoms with Crippen LogP contribution in [-0.4, -0.2) is 43.9 Å². The largest absolute Gasteiger partial charge is 0.379 e. The minimum absolute atomic E-state index is 0.137. The van der Waals surface area contributed by atoms with E-state index in [1.165, 1.54) is 39.5 Å². The zero-order chi connectivity index (χ0) is 20.1. The number of anilines is 1. The predicted molar refractivity (Wildman–Crippen MR) is 105 cm³/mol. The number of carbonyl (C=O) groups excluding carboxylic acids is 3. The molecule has 0 aliphatic heterocycles. The molecule has 150 valence electrons. The van der Waals surface area contributed by atoms with Gasteiger partial charge in [-0.05, 0) is 26.3 Å². The van der Waals surface area contributed by atoms with E-state index in [9.17, 15) is 14.4 Å². The highest BCUT2D eigenvalue weighted by atomic mass is 16.5. The van der Waals surface area contributed by atoms with Crippen molar-refractivity contribution in [1.29, 1.82) is 0 Å². The van der Waals surface area contributed by atoms with Gasteiger partial charge in [0.1, 0.15) is 6.61 Å². The summed E-state index contributed by atoms with van der Waals surface area (Å²) in [6.45, 7) is 6.29. The Hall–Kier alpha value is -2.05. The van der Waals surface area contributed by atoms with Crippen LogP contribution in [0.2, 0.25) is 0 Å². The molecule has 0 atom stereocenters. The number of carbonyl (C=O) groups is 3. The number of ketones is 2. The van der Waals surface area contributed by atoms with E-state index < -0.39 is 0 Å². The lowest BCUT2D eigenvalue weighted by Crippen LogP contribution is -2.21. The molecule has 1 N–H and O–H groups in total. The number of ether oxygens (including phenoxy) is 2. The second-order valence-electron chi connectivity index (χ2n) is 6.47. The first kappa shape index (κ1) is 23.0. The highest BCUT2D eigenvalue weighted by Crippen LogP contribution is 2.21. The highest BCUT2D eigenvalue weighted by Gasteiger charge is 2.17. The summed E-state index contributed by atoms with van der Waals surface area (Å²) in [5, 5.41) is 2.64. The molecule has 27 heavy (non-hydrogen) atoms. The van der Waals surface area contributed by atoms with Crippen LogP contribution >= 0.6 is 0 Å². The molecule has 0 aliphatic rings. The molecule has 0 radical (unpaired) electrons. The van der Waals surface area contributed by atoms with E-state index in [1.807, 2.05) is 0 Å². The number of benzene rings is 1. The smallest absolute Gasteiger partial charge is 0.250 e. The minimum Gasteiger partial charge on any atom is -0.379 e. The van der Waals surface area contributed by atoms with Crippen molar-refractivity contribution in [2.45, 2.75) is 52.9 Å². The third-order valence-corrected chi connectivity index (χ3v) is 4.07. The van der Waals surface area contributed by atoms with Crippen LogP contribution in [0.5, 0.6) is 0 Å². The molecule has 6 heteroatoms. The lowest BCUT2D eigenvalue weighted by Gasteiger charge is -2.12. The molecule has 1 amide bonds. The van der Waals surface area contributed by atoms with Crippen LogP contribution < -0.4 is 5.32 Å². The topological polar surface area (TPSA) is 81.7 Å². The van der Waals surface area contributed by atoms with Crippen LogP contribution in [0.3, 0.4) is 0 Å². The van der Waals surface area contributed by atoms with Gasteiger partial charge in [-0.2, -0.15) is 0 Å². The first-order valence-electron chi connectivity index (χ1n) is 9.57. The van der Waals surface area contributed by atoms with Gasteiger partial charge in [0.05, 0.1) is 24.5 Å². The fraction of sp³-hybridized carbons (Fsp3) is 0.571. The molecule has 0 unspecified atom stereocenters. The molecule has 0 aliphatic carbocycles. The Morgan fingerprint density at radius 3 is 2.26 bits per heavy atom. The normalized spacial score (nSPS) is 10.6. The zero-order valence-electron chi connectivity index (χ0n) is 16.6. The van der Waals surface area contributed by atoms with Gasteiger partial charge in [0.15, 0.2) is 11.6 Å². The second-order valence-corrected chi connectivity index (χ2v) is 6.47. The van der Waals surface area contributed by atoms with Gasteiger partial charge in [-0.25, -0.2) is 0 Å². The van der Waals surface area contributed by atoms with Gasteiger partial charge in [0.2, 0.25) is 5.91 Å². The van der Waals surface area contributed by atoms with E-state index in [2.05, 4.69) is 12.2 Å². The van der Waals surface area contributed by atoms with Gasteiger partial charge in [-0.3, -0.25) is 14.4 Å². The quantitative estimate of drug-likeness (QED) is 0.391. The summed E-state index contributed by atoms with van der Waals surface area (Å²) in [6, 6.07) is 4.81. The molecule has 1 aromatic rings. The average molecular weight is 377 g/mol. The summed E-state index contributed by atoms with van der Waals surface area (Å²) in [5.74, 6) is -0.874. The molecule has 0 heterocycles. The van der Waals surface area contributed by atoms with Crippen molar-refractivity contribution in [2.75, 3.05) is 31.7 Å². The Labute approximate surface area is 161 Å². The van der Waals surface area contributed by atoms with Gasteiger partial charge >= 0.3 is 0 Å². The third kappa shape index (κ3) is 8.93. The second kappa shape index (κ2) is 13.2. The molecule has 0 bridgehead atoms. The van der Waals surface area contributed by atoms with Gasteiger partial charge in [0.25, 0.3) is 0 Å². The monoisotopic (exact) mass is 377 g/mol. The average Bonchev–Trinajstić information content (AvgIpc) is 2.62. The molecule has 6 nitrogen and oxygen atoms in total. The number of rotatable bonds is 14. The van der Waals surface area contributed by atoms with Crippen molar-refractivity contribution < 1.29 is 23.9 Å². The maximum absolute atomic E-state index is 12.0. The van der Waals surface area contributed by atoms with Crippen molar-refractivity contribution in [2.24, 2.45) is 0 Å². The summed E-state index contributed by atoms with van der Waals surface area (Å²) >= 11 is 0. The van der Waals surface area contributed by atoms with Crippen molar-refractivity contribution in [3.63, 3.8) is 0 Å². The van der Waals surface area contributed by atoms with Gasteiger partial charge < -0.3 is 14.8 Å². The van der Waals surface area contributed by atoms with E-state index in [0.717, 1.165) is 6.42 Å². The van der Waals surface area contributed by atoms with Crippen LogP contribution in [0.25, 0.3) is 0 Å². The van der Waals surface area contributed by atoms with E-state index in [0.29, 0.717) is 31.1 Å². The van der Waals surface area contributed by atoms with E-state index in [1.54, 1.807) is 18.2 Å². The number of amides is 1. The summed E-state index contributed by atoms with van der Waals surface area (Å²) in [4.78, 5) is 35.6. The van der Waals surface area contributed by atoms with Crippen LogP contribution in [0.15, 0.2) is 18.2 Å². The first-order valence-corrected chi connectivity index (χ1v) is 9.57. The Kier molecular flexibility index (Phi) is 11.2. The Morgan fingerprint density at radius 2 is 1.59 bits per heavy atom. The Bertz CT molecular complexity index is 627. The number of nitrogens with one attached hydrogen (secondary N) is 1. The van der Waals surface area contributed by atoms with Crippen molar-refractivity contribution in [1.82, 2.24) is 0 Å². The highest BCUT2D eigenvalue weighted by molar-refractivity contribution is 6.12. The molecule has 1 rings (SSSR count). The van der Waals surface area contributed by atoms with Crippen molar-refractivity contribution in [3.8, 4) is 0 Å². The molecule has 0 fully saturated rings. The molecule has 0 aromatic heterocycles. The number of unbranched alkanes of at least 4 members (excludes halogenated alkanes) is 4. The molecule has 0 saturated heterocycles. The van der Waals surface area contributed by atoms with Crippen molar-refractivity contribution in [3.05, 3.63) is 29.3 Å². The Balaban J connectivity index is 2.32. The van der Waals surface area contributed by atoms with E-state index in [4.69, 9.17) is 9.47 Å². The van der Waals surface area contributed by atoms with Crippen LogP contribution in [0.4, 0.5) is 5.69 Å². The van der Waals surface area contributed by atoms with Crippen LogP contribution in [0, 0.1) is 0 Å². The van der Waals surface area contributed by atoms with Gasteiger partial charge in [0, 0.05) is 12.2 Å². The van der Waals surface area contributed by atoms with E-state index in [-0.39, 0.29) is 29.6 Å². The van der Waals surface area contributed by atoms with Gasteiger partial charge in [-0.1, -0.05) is 44.7 Å². The molecule has 0 spiro atoms. The lowest BCUT2D eigenvalue weighted by molar-refractivity contribution is -0.121. The fourth-order valence-electron chi connectivity index (χ4n) is 2.71. The number of hydrogen-bond donors (Lipinski definition) is 1. The van der Waals surface area contributed by atoms with E-state index >= 15 is 0 Å². The fourth-order valence-corrected chi connectivity index (χ4v) is 2.71. The Morgan fingerprint density at radius 1 is 0.889 bits per heavy atom. The zero-order valence-corrected chi connectivity index (χ0v) is 16.6. The summed E-state index contributed by atoms with van der Waals surface area (Å²) in [7, 11) is 0. The summed E-state index contributed by atoms with van der Waals surface area (Å²) < 4.78 is 10.8. The third-order valence-electron chi connectivity index (χ3n) is 4.07. The maximum Gasteiger partial charge on any atom is 0.250 e. The molecule has 1 aromatic carbocycles. The predicted octanol–water partition coefficient (Wildman–Crippen LogP) is 4.03. The molecule has 0 saturated carbocycles. The van der Waals surface area contributed by atoms with Crippen molar-refractivity contribution >= 4 is 23.2 Å². The van der Waals surface area contributed by atoms with Gasteiger partial charge in [-0.15, -0.1) is 0 Å². The summed E-state index contributed by atoms with van der Waals surface area (Å²) in [6.07, 6.45) is 5.95. The number of Topliss-reactive ketones (excluding diaryl/α,β-unsaturated/α-hetero) is 2. The standard InChI is InChI=1S/C21H31NO5/c1-4-5-6-7-8-12-26-13-14-27-15-20(25)22-19-11-9-10-18(16(2)23)21(19)17(3)24/h9-11H,4-8,12-15H2,1-3H3,(H,22,25). The maximum atomic E-state index is 12.0. The van der Waals surface area contributed by atoms with Crippen LogP contribution in [0.1, 0.15) is 73.6 Å². The minimum atomic E-state index is -0.377. The molecular formula is C21H31NO5. The number of hydrogen-bond acceptors (Lipinski definition) is 5. The van der Waals surface area contributed by atoms with Crippen LogP contribution in [-0.2, 0) is 14.3 Å². The molecular weight excluding hydrogens is 346 g/mol.